The summed E-state index contributed by atoms with van der Waals surface area (Å²) < 4.78 is 13.3. The highest BCUT2D eigenvalue weighted by Crippen LogP contribution is 2.29. The number of fused-ring (bicyclic) bond motifs is 4. The second kappa shape index (κ2) is 7.50. The molecule has 2 aromatic rings. The van der Waals surface area contributed by atoms with Crippen molar-refractivity contribution in [3.8, 4) is 11.6 Å². The van der Waals surface area contributed by atoms with Gasteiger partial charge in [-0.15, -0.1) is 10.2 Å². The molecule has 7 heteroatoms. The minimum Gasteiger partial charge on any atom is -0.418 e. The molecule has 0 radical (unpaired) electrons. The van der Waals surface area contributed by atoms with E-state index in [-0.39, 0.29) is 0 Å². The van der Waals surface area contributed by atoms with Crippen LogP contribution in [0.15, 0.2) is 16.5 Å². The van der Waals surface area contributed by atoms with E-state index in [1.807, 2.05) is 13.1 Å². The molecule has 3 aliphatic rings. The number of piperidine rings is 1. The summed E-state index contributed by atoms with van der Waals surface area (Å²) in [7, 11) is 3.80. The van der Waals surface area contributed by atoms with Crippen molar-refractivity contribution in [1.29, 1.82) is 0 Å². The maximum Gasteiger partial charge on any atom is 0.264 e. The molecule has 26 heavy (non-hydrogen) atoms. The SMILES string of the molecule is COCCN1C[C@H]2CC[C@@H]1CN(Cc1nnc(-c3ccc(C)n3C)o1)C2. The van der Waals surface area contributed by atoms with Gasteiger partial charge >= 0.3 is 0 Å². The average Bonchev–Trinajstić information content (AvgIpc) is 3.10. The first-order chi connectivity index (χ1) is 12.6. The molecule has 0 unspecified atom stereocenters. The number of rotatable bonds is 6. The summed E-state index contributed by atoms with van der Waals surface area (Å²) in [5.74, 6) is 2.04. The fraction of sp³-hybridized carbons (Fsp3) is 0.684. The van der Waals surface area contributed by atoms with Gasteiger partial charge in [0.15, 0.2) is 0 Å². The van der Waals surface area contributed by atoms with Crippen LogP contribution in [0.4, 0.5) is 0 Å². The van der Waals surface area contributed by atoms with Crippen LogP contribution in [-0.2, 0) is 18.3 Å². The van der Waals surface area contributed by atoms with E-state index in [0.717, 1.165) is 44.4 Å². The predicted octanol–water partition coefficient (Wildman–Crippen LogP) is 1.93. The smallest absolute Gasteiger partial charge is 0.264 e. The summed E-state index contributed by atoms with van der Waals surface area (Å²) in [5.41, 5.74) is 2.16. The summed E-state index contributed by atoms with van der Waals surface area (Å²) in [5, 5.41) is 8.57. The maximum absolute atomic E-state index is 5.97. The van der Waals surface area contributed by atoms with Gasteiger partial charge in [0.05, 0.1) is 13.2 Å². The van der Waals surface area contributed by atoms with Gasteiger partial charge < -0.3 is 13.7 Å². The number of ether oxygens (including phenoxy) is 1. The Morgan fingerprint density at radius 3 is 2.85 bits per heavy atom. The van der Waals surface area contributed by atoms with Crippen LogP contribution in [0.25, 0.3) is 11.6 Å². The summed E-state index contributed by atoms with van der Waals surface area (Å²) in [6, 6.07) is 4.72. The lowest BCUT2D eigenvalue weighted by atomic mass is 9.95. The van der Waals surface area contributed by atoms with Crippen LogP contribution in [0, 0.1) is 12.8 Å². The highest BCUT2D eigenvalue weighted by molar-refractivity contribution is 5.48. The van der Waals surface area contributed by atoms with Crippen molar-refractivity contribution in [3.63, 3.8) is 0 Å². The molecule has 0 N–H and O–H groups in total. The summed E-state index contributed by atoms with van der Waals surface area (Å²) in [6.07, 6.45) is 2.60. The summed E-state index contributed by atoms with van der Waals surface area (Å²) >= 11 is 0. The van der Waals surface area contributed by atoms with Gasteiger partial charge in [-0.2, -0.15) is 0 Å². The van der Waals surface area contributed by atoms with Gasteiger partial charge in [-0.3, -0.25) is 9.80 Å². The normalized spacial score (nSPS) is 24.3. The van der Waals surface area contributed by atoms with Gasteiger partial charge in [0, 0.05) is 52.1 Å². The van der Waals surface area contributed by atoms with Gasteiger partial charge in [0.1, 0.15) is 5.69 Å². The molecule has 0 spiro atoms. The van der Waals surface area contributed by atoms with E-state index < -0.39 is 0 Å². The van der Waals surface area contributed by atoms with Gasteiger partial charge in [-0.25, -0.2) is 0 Å². The van der Waals surface area contributed by atoms with E-state index >= 15 is 0 Å². The van der Waals surface area contributed by atoms with Crippen LogP contribution in [-0.4, -0.2) is 70.5 Å². The van der Waals surface area contributed by atoms with E-state index in [9.17, 15) is 0 Å². The van der Waals surface area contributed by atoms with Gasteiger partial charge in [0.2, 0.25) is 5.89 Å². The highest BCUT2D eigenvalue weighted by Gasteiger charge is 2.34. The van der Waals surface area contributed by atoms with E-state index in [2.05, 4.69) is 37.6 Å². The molecule has 5 rings (SSSR count). The standard InChI is InChI=1S/C19H29N5O2/c1-14-4-7-17(22(14)2)19-21-20-18(26-19)13-23-10-15-5-6-16(12-23)24(11-15)8-9-25-3/h4,7,15-16H,5-6,8-13H2,1-3H3/t15-,16+/m0/s1. The third-order valence-electron chi connectivity index (χ3n) is 5.90. The Hall–Kier alpha value is -1.70. The Labute approximate surface area is 154 Å². The number of nitrogens with zero attached hydrogens (tertiary/aromatic N) is 5. The number of aryl methyl sites for hydroxylation is 1. The zero-order valence-corrected chi connectivity index (χ0v) is 16.0. The van der Waals surface area contributed by atoms with Gasteiger partial charge in [0.25, 0.3) is 5.89 Å². The molecular weight excluding hydrogens is 330 g/mol. The second-order valence-electron chi connectivity index (χ2n) is 7.70. The Morgan fingerprint density at radius 2 is 2.08 bits per heavy atom. The molecule has 7 nitrogen and oxygen atoms in total. The zero-order valence-electron chi connectivity index (χ0n) is 16.0. The molecule has 2 aromatic heterocycles. The minimum atomic E-state index is 0.607. The fourth-order valence-corrected chi connectivity index (χ4v) is 4.33. The third-order valence-corrected chi connectivity index (χ3v) is 5.90. The van der Waals surface area contributed by atoms with Crippen LogP contribution < -0.4 is 0 Å². The Bertz CT molecular complexity index is 740. The molecule has 0 amide bonds. The lowest BCUT2D eigenvalue weighted by Crippen LogP contribution is -2.45. The topological polar surface area (TPSA) is 59.6 Å². The van der Waals surface area contributed by atoms with Crippen LogP contribution in [0.2, 0.25) is 0 Å². The van der Waals surface area contributed by atoms with Crippen molar-refractivity contribution in [2.75, 3.05) is 39.9 Å². The number of methoxy groups -OCH3 is 1. The molecule has 3 saturated heterocycles. The Morgan fingerprint density at radius 1 is 1.19 bits per heavy atom. The third kappa shape index (κ3) is 3.56. The fourth-order valence-electron chi connectivity index (χ4n) is 4.33. The van der Waals surface area contributed by atoms with Gasteiger partial charge in [-0.1, -0.05) is 0 Å². The van der Waals surface area contributed by atoms with Crippen LogP contribution in [0.1, 0.15) is 24.4 Å². The van der Waals surface area contributed by atoms with Crippen molar-refractivity contribution in [1.82, 2.24) is 24.6 Å². The second-order valence-corrected chi connectivity index (χ2v) is 7.70. The Kier molecular flexibility index (Phi) is 5.11. The van der Waals surface area contributed by atoms with E-state index in [1.165, 1.54) is 25.1 Å². The minimum absolute atomic E-state index is 0.607. The van der Waals surface area contributed by atoms with E-state index in [4.69, 9.17) is 9.15 Å². The van der Waals surface area contributed by atoms with E-state index in [1.54, 1.807) is 7.11 Å². The number of hydrogen-bond acceptors (Lipinski definition) is 6. The van der Waals surface area contributed by atoms with Crippen LogP contribution in [0.5, 0.6) is 0 Å². The first kappa shape index (κ1) is 17.7. The van der Waals surface area contributed by atoms with Crippen molar-refractivity contribution in [2.45, 2.75) is 32.4 Å². The monoisotopic (exact) mass is 359 g/mol. The average molecular weight is 359 g/mol. The summed E-state index contributed by atoms with van der Waals surface area (Å²) in [4.78, 5) is 5.09. The quantitative estimate of drug-likeness (QED) is 0.785. The predicted molar refractivity (Wildman–Crippen MR) is 98.7 cm³/mol. The molecule has 0 saturated carbocycles. The zero-order chi connectivity index (χ0) is 18.1. The largest absolute Gasteiger partial charge is 0.418 e. The van der Waals surface area contributed by atoms with Crippen molar-refractivity contribution in [2.24, 2.45) is 13.0 Å². The first-order valence-electron chi connectivity index (χ1n) is 9.54. The van der Waals surface area contributed by atoms with Gasteiger partial charge in [-0.05, 0) is 37.8 Å². The molecule has 3 aliphatic heterocycles. The number of aromatic nitrogens is 3. The molecular formula is C19H29N5O2. The molecule has 142 valence electrons. The molecule has 0 aliphatic carbocycles. The van der Waals surface area contributed by atoms with Crippen LogP contribution in [0.3, 0.4) is 0 Å². The Balaban J connectivity index is 1.43. The highest BCUT2D eigenvalue weighted by atomic mass is 16.5. The summed E-state index contributed by atoms with van der Waals surface area (Å²) in [6.45, 7) is 8.02. The first-order valence-corrected chi connectivity index (χ1v) is 9.54. The molecule has 2 bridgehead atoms. The maximum atomic E-state index is 5.97. The number of hydrogen-bond donors (Lipinski definition) is 0. The molecule has 3 fully saturated rings. The molecule has 5 heterocycles. The lowest BCUT2D eigenvalue weighted by molar-refractivity contribution is 0.0865. The molecule has 2 atom stereocenters. The van der Waals surface area contributed by atoms with Crippen LogP contribution >= 0.6 is 0 Å². The molecule has 0 aromatic carbocycles. The van der Waals surface area contributed by atoms with Crippen molar-refractivity contribution in [3.05, 3.63) is 23.7 Å². The van der Waals surface area contributed by atoms with Crippen molar-refractivity contribution >= 4 is 0 Å². The van der Waals surface area contributed by atoms with E-state index in [0.29, 0.717) is 17.8 Å². The van der Waals surface area contributed by atoms with Crippen molar-refractivity contribution < 1.29 is 9.15 Å². The lowest BCUT2D eigenvalue weighted by Gasteiger charge is -2.35.